The van der Waals surface area contributed by atoms with Gasteiger partial charge in [-0.3, -0.25) is 9.59 Å². The van der Waals surface area contributed by atoms with Gasteiger partial charge < -0.3 is 21.5 Å². The average molecular weight is 503 g/mol. The molecule has 2 atom stereocenters. The molecule has 1 saturated heterocycles. The Morgan fingerprint density at radius 1 is 1.09 bits per heavy atom. The number of benzene rings is 2. The van der Waals surface area contributed by atoms with E-state index in [2.05, 4.69) is 10.6 Å². The monoisotopic (exact) mass is 502 g/mol. The van der Waals surface area contributed by atoms with Crippen molar-refractivity contribution >= 4 is 33.5 Å². The molecule has 0 aromatic heterocycles. The van der Waals surface area contributed by atoms with Gasteiger partial charge in [0.15, 0.2) is 0 Å². The van der Waals surface area contributed by atoms with Gasteiger partial charge in [-0.05, 0) is 55.6 Å². The number of anilines is 1. The van der Waals surface area contributed by atoms with Gasteiger partial charge in [0, 0.05) is 25.1 Å². The highest BCUT2D eigenvalue weighted by atomic mass is 32.2. The number of rotatable bonds is 11. The molecule has 3 rings (SSSR count). The minimum Gasteiger partial charge on any atom is -0.480 e. The molecular weight excluding hydrogens is 472 g/mol. The topological polar surface area (TPSA) is 159 Å². The van der Waals surface area contributed by atoms with Crippen LogP contribution in [0.5, 0.6) is 0 Å². The molecule has 10 nitrogen and oxygen atoms in total. The second-order valence-electron chi connectivity index (χ2n) is 8.33. The SMILES string of the molecule is NCCCC(=O)Nc1ccc(C[C@H](NC(=O)[C@@H]2CCCN2S(=O)(=O)c2ccccc2)C(=O)O)cc1. The molecule has 5 N–H and O–H groups in total. The van der Waals surface area contributed by atoms with Gasteiger partial charge >= 0.3 is 5.97 Å². The van der Waals surface area contributed by atoms with Gasteiger partial charge in [0.2, 0.25) is 21.8 Å². The highest BCUT2D eigenvalue weighted by molar-refractivity contribution is 7.89. The van der Waals surface area contributed by atoms with Gasteiger partial charge in [-0.2, -0.15) is 4.31 Å². The normalized spacial score (nSPS) is 17.0. The van der Waals surface area contributed by atoms with Gasteiger partial charge in [0.25, 0.3) is 0 Å². The number of carboxylic acid groups (broad SMARTS) is 1. The molecule has 35 heavy (non-hydrogen) atoms. The van der Waals surface area contributed by atoms with Crippen LogP contribution in [0.3, 0.4) is 0 Å². The lowest BCUT2D eigenvalue weighted by Crippen LogP contribution is -2.51. The van der Waals surface area contributed by atoms with Crippen molar-refractivity contribution in [1.82, 2.24) is 9.62 Å². The third-order valence-corrected chi connectivity index (χ3v) is 7.68. The van der Waals surface area contributed by atoms with Crippen molar-refractivity contribution in [3.63, 3.8) is 0 Å². The Hall–Kier alpha value is -3.28. The summed E-state index contributed by atoms with van der Waals surface area (Å²) in [4.78, 5) is 36.7. The van der Waals surface area contributed by atoms with Crippen molar-refractivity contribution in [2.45, 2.75) is 49.1 Å². The van der Waals surface area contributed by atoms with Crippen molar-refractivity contribution in [3.8, 4) is 0 Å². The largest absolute Gasteiger partial charge is 0.480 e. The molecule has 0 aliphatic carbocycles. The summed E-state index contributed by atoms with van der Waals surface area (Å²) in [5, 5.41) is 14.9. The average Bonchev–Trinajstić information content (AvgIpc) is 3.35. The van der Waals surface area contributed by atoms with Crippen molar-refractivity contribution in [2.75, 3.05) is 18.4 Å². The number of aliphatic carboxylic acids is 1. The number of carboxylic acids is 1. The molecule has 0 unspecified atom stereocenters. The highest BCUT2D eigenvalue weighted by Crippen LogP contribution is 2.26. The van der Waals surface area contributed by atoms with Gasteiger partial charge in [0.05, 0.1) is 4.90 Å². The lowest BCUT2D eigenvalue weighted by molar-refractivity contribution is -0.142. The van der Waals surface area contributed by atoms with E-state index in [1.54, 1.807) is 42.5 Å². The zero-order chi connectivity index (χ0) is 25.4. The summed E-state index contributed by atoms with van der Waals surface area (Å²) in [6.45, 7) is 0.608. The van der Waals surface area contributed by atoms with Crippen molar-refractivity contribution in [1.29, 1.82) is 0 Å². The van der Waals surface area contributed by atoms with Gasteiger partial charge in [-0.25, -0.2) is 13.2 Å². The number of carbonyl (C=O) groups is 3. The summed E-state index contributed by atoms with van der Waals surface area (Å²) in [6.07, 6.45) is 1.70. The van der Waals surface area contributed by atoms with Crippen LogP contribution >= 0.6 is 0 Å². The van der Waals surface area contributed by atoms with Crippen LogP contribution in [0.15, 0.2) is 59.5 Å². The van der Waals surface area contributed by atoms with Gasteiger partial charge in [0.1, 0.15) is 12.1 Å². The maximum Gasteiger partial charge on any atom is 0.326 e. The molecule has 1 fully saturated rings. The summed E-state index contributed by atoms with van der Waals surface area (Å²) >= 11 is 0. The number of hydrogen-bond donors (Lipinski definition) is 4. The van der Waals surface area contributed by atoms with Gasteiger partial charge in [-0.1, -0.05) is 30.3 Å². The van der Waals surface area contributed by atoms with Crippen molar-refractivity contribution in [2.24, 2.45) is 5.73 Å². The molecular formula is C24H30N4O6S. The summed E-state index contributed by atoms with van der Waals surface area (Å²) in [7, 11) is -3.88. The number of amides is 2. The Kier molecular flexibility index (Phi) is 8.96. The lowest BCUT2D eigenvalue weighted by Gasteiger charge is -2.25. The second-order valence-corrected chi connectivity index (χ2v) is 10.2. The molecule has 2 aromatic carbocycles. The quantitative estimate of drug-likeness (QED) is 0.361. The Balaban J connectivity index is 1.65. The first-order chi connectivity index (χ1) is 16.7. The predicted molar refractivity (Wildman–Crippen MR) is 130 cm³/mol. The Morgan fingerprint density at radius 2 is 1.77 bits per heavy atom. The van der Waals surface area contributed by atoms with Crippen LogP contribution in [-0.4, -0.2) is 60.8 Å². The minimum absolute atomic E-state index is 0.000624. The predicted octanol–water partition coefficient (Wildman–Crippen LogP) is 1.33. The molecule has 11 heteroatoms. The van der Waals surface area contributed by atoms with E-state index in [0.717, 1.165) is 4.31 Å². The Labute approximate surface area is 204 Å². The molecule has 1 aliphatic heterocycles. The fourth-order valence-corrected chi connectivity index (χ4v) is 5.61. The molecule has 0 radical (unpaired) electrons. The summed E-state index contributed by atoms with van der Waals surface area (Å²) in [6, 6.07) is 12.3. The number of hydrogen-bond acceptors (Lipinski definition) is 6. The number of carbonyl (C=O) groups excluding carboxylic acids is 2. The van der Waals surface area contributed by atoms with Crippen molar-refractivity contribution in [3.05, 3.63) is 60.2 Å². The summed E-state index contributed by atoms with van der Waals surface area (Å²) in [5.41, 5.74) is 6.61. The first kappa shape index (κ1) is 26.3. The molecule has 1 heterocycles. The fourth-order valence-electron chi connectivity index (χ4n) is 3.93. The van der Waals surface area contributed by atoms with E-state index in [4.69, 9.17) is 5.73 Å². The van der Waals surface area contributed by atoms with E-state index in [0.29, 0.717) is 43.5 Å². The molecule has 0 bridgehead atoms. The molecule has 188 valence electrons. The van der Waals surface area contributed by atoms with Crippen LogP contribution in [0.4, 0.5) is 5.69 Å². The van der Waals surface area contributed by atoms with Crippen LogP contribution < -0.4 is 16.4 Å². The number of nitrogens with one attached hydrogen (secondary N) is 2. The number of nitrogens with two attached hydrogens (primary N) is 1. The number of sulfonamides is 1. The van der Waals surface area contributed by atoms with Crippen LogP contribution in [-0.2, 0) is 30.8 Å². The van der Waals surface area contributed by atoms with Crippen LogP contribution in [0.2, 0.25) is 0 Å². The Morgan fingerprint density at radius 3 is 2.40 bits per heavy atom. The van der Waals surface area contributed by atoms with E-state index in [9.17, 15) is 27.9 Å². The maximum absolute atomic E-state index is 13.0. The third-order valence-electron chi connectivity index (χ3n) is 5.76. The molecule has 2 aromatic rings. The highest BCUT2D eigenvalue weighted by Gasteiger charge is 2.40. The smallest absolute Gasteiger partial charge is 0.326 e. The molecule has 0 saturated carbocycles. The van der Waals surface area contributed by atoms with Crippen LogP contribution in [0.1, 0.15) is 31.2 Å². The Bertz CT molecular complexity index is 1140. The van der Waals surface area contributed by atoms with Gasteiger partial charge in [-0.15, -0.1) is 0 Å². The van der Waals surface area contributed by atoms with E-state index in [-0.39, 0.29) is 23.8 Å². The molecule has 2 amide bonds. The zero-order valence-electron chi connectivity index (χ0n) is 19.2. The maximum atomic E-state index is 13.0. The summed E-state index contributed by atoms with van der Waals surface area (Å²) < 4.78 is 27.2. The van der Waals surface area contributed by atoms with E-state index in [1.165, 1.54) is 12.1 Å². The van der Waals surface area contributed by atoms with Crippen LogP contribution in [0, 0.1) is 0 Å². The standard InChI is InChI=1S/C24H30N4O6S/c25-14-4-9-22(29)26-18-12-10-17(11-13-18)16-20(24(31)32)27-23(30)21-8-5-15-28(21)35(33,34)19-6-2-1-3-7-19/h1-3,6-7,10-13,20-21H,4-5,8-9,14-16,25H2,(H,26,29)(H,27,30)(H,31,32)/t20-,21-/m0/s1. The first-order valence-electron chi connectivity index (χ1n) is 11.4. The van der Waals surface area contributed by atoms with Crippen LogP contribution in [0.25, 0.3) is 0 Å². The van der Waals surface area contributed by atoms with E-state index in [1.807, 2.05) is 0 Å². The number of nitrogens with zero attached hydrogens (tertiary/aromatic N) is 1. The van der Waals surface area contributed by atoms with E-state index >= 15 is 0 Å². The van der Waals surface area contributed by atoms with E-state index < -0.39 is 34.0 Å². The third kappa shape index (κ3) is 6.87. The minimum atomic E-state index is -3.88. The first-order valence-corrected chi connectivity index (χ1v) is 12.9. The lowest BCUT2D eigenvalue weighted by atomic mass is 10.0. The van der Waals surface area contributed by atoms with Crippen molar-refractivity contribution < 1.29 is 27.9 Å². The molecule has 1 aliphatic rings. The second kappa shape index (κ2) is 11.9. The molecule has 0 spiro atoms. The zero-order valence-corrected chi connectivity index (χ0v) is 20.0. The summed E-state index contributed by atoms with van der Waals surface area (Å²) in [5.74, 6) is -2.03. The fraction of sp³-hybridized carbons (Fsp3) is 0.375.